The van der Waals surface area contributed by atoms with Crippen molar-refractivity contribution < 1.29 is 19.0 Å². The summed E-state index contributed by atoms with van der Waals surface area (Å²) in [7, 11) is 1.54. The molecular weight excluding hydrogens is 362 g/mol. The zero-order valence-corrected chi connectivity index (χ0v) is 16.7. The van der Waals surface area contributed by atoms with E-state index in [9.17, 15) is 4.79 Å². The molecule has 4 N–H and O–H groups in total. The summed E-state index contributed by atoms with van der Waals surface area (Å²) in [5, 5.41) is 9.66. The molecular formula is C19H27N5O4. The number of nitrogens with two attached hydrogens (primary N) is 1. The molecule has 9 heteroatoms. The molecule has 9 nitrogen and oxygen atoms in total. The van der Waals surface area contributed by atoms with Crippen molar-refractivity contribution in [2.45, 2.75) is 39.2 Å². The summed E-state index contributed by atoms with van der Waals surface area (Å²) in [5.74, 6) is 1.39. The molecule has 0 spiro atoms. The second kappa shape index (κ2) is 7.57. The van der Waals surface area contributed by atoms with Gasteiger partial charge in [-0.05, 0) is 39.7 Å². The summed E-state index contributed by atoms with van der Waals surface area (Å²) >= 11 is 0. The third-order valence-electron chi connectivity index (χ3n) is 4.44. The van der Waals surface area contributed by atoms with E-state index >= 15 is 0 Å². The maximum absolute atomic E-state index is 11.9. The molecule has 28 heavy (non-hydrogen) atoms. The van der Waals surface area contributed by atoms with Gasteiger partial charge in [0.05, 0.1) is 19.4 Å². The molecule has 0 radical (unpaired) electrons. The van der Waals surface area contributed by atoms with Crippen molar-refractivity contribution in [2.24, 2.45) is 5.41 Å². The molecule has 152 valence electrons. The lowest BCUT2D eigenvalue weighted by molar-refractivity contribution is 0.0509. The van der Waals surface area contributed by atoms with Crippen molar-refractivity contribution in [3.05, 3.63) is 18.3 Å². The van der Waals surface area contributed by atoms with Gasteiger partial charge in [-0.1, -0.05) is 0 Å². The number of rotatable bonds is 7. The number of H-pyrrole nitrogens is 1. The number of hydrogen-bond donors (Lipinski definition) is 3. The number of nitrogens with one attached hydrogen (secondary N) is 2. The van der Waals surface area contributed by atoms with E-state index in [-0.39, 0.29) is 5.41 Å². The molecule has 0 unspecified atom stereocenters. The first-order chi connectivity index (χ1) is 13.2. The summed E-state index contributed by atoms with van der Waals surface area (Å²) < 4.78 is 16.8. The minimum absolute atomic E-state index is 0.0995. The van der Waals surface area contributed by atoms with Crippen LogP contribution in [-0.4, -0.2) is 47.1 Å². The number of carbonyl (C=O) groups excluding carboxylic acids is 1. The lowest BCUT2D eigenvalue weighted by atomic mass is 10.1. The lowest BCUT2D eigenvalue weighted by Gasteiger charge is -2.22. The zero-order valence-electron chi connectivity index (χ0n) is 16.7. The Labute approximate surface area is 164 Å². The predicted octanol–water partition coefficient (Wildman–Crippen LogP) is 2.75. The number of alkyl carbamates (subject to hydrolysis) is 1. The van der Waals surface area contributed by atoms with Crippen molar-refractivity contribution in [3.63, 3.8) is 0 Å². The molecule has 1 fully saturated rings. The summed E-state index contributed by atoms with van der Waals surface area (Å²) in [5.41, 5.74) is 6.42. The highest BCUT2D eigenvalue weighted by atomic mass is 16.6. The van der Waals surface area contributed by atoms with Crippen LogP contribution in [0.1, 0.15) is 33.6 Å². The number of ether oxygens (including phenoxy) is 3. The van der Waals surface area contributed by atoms with E-state index in [1.807, 2.05) is 20.8 Å². The Balaban J connectivity index is 1.67. The fraction of sp³-hybridized carbons (Fsp3) is 0.526. The van der Waals surface area contributed by atoms with Gasteiger partial charge in [0.2, 0.25) is 5.88 Å². The maximum atomic E-state index is 11.9. The number of amides is 1. The van der Waals surface area contributed by atoms with Gasteiger partial charge < -0.3 is 25.3 Å². The van der Waals surface area contributed by atoms with Crippen molar-refractivity contribution in [3.8, 4) is 22.9 Å². The number of carbonyl (C=O) groups is 1. The van der Waals surface area contributed by atoms with E-state index in [1.54, 1.807) is 25.4 Å². The molecule has 3 rings (SSSR count). The Morgan fingerprint density at radius 2 is 2.14 bits per heavy atom. The van der Waals surface area contributed by atoms with Crippen LogP contribution in [0.4, 0.5) is 10.6 Å². The Morgan fingerprint density at radius 1 is 1.39 bits per heavy atom. The number of nitrogen functional groups attached to an aromatic ring is 1. The van der Waals surface area contributed by atoms with E-state index in [1.165, 1.54) is 0 Å². The van der Waals surface area contributed by atoms with Gasteiger partial charge in [-0.2, -0.15) is 5.10 Å². The van der Waals surface area contributed by atoms with Crippen molar-refractivity contribution in [2.75, 3.05) is 26.0 Å². The van der Waals surface area contributed by atoms with Crippen LogP contribution in [-0.2, 0) is 4.74 Å². The summed E-state index contributed by atoms with van der Waals surface area (Å²) in [4.78, 5) is 16.1. The third kappa shape index (κ3) is 4.85. The van der Waals surface area contributed by atoms with Crippen LogP contribution < -0.4 is 20.5 Å². The van der Waals surface area contributed by atoms with Gasteiger partial charge in [0, 0.05) is 24.2 Å². The minimum atomic E-state index is -0.522. The lowest BCUT2D eigenvalue weighted by Crippen LogP contribution is -2.37. The summed E-state index contributed by atoms with van der Waals surface area (Å²) in [6, 6.07) is 3.47. The van der Waals surface area contributed by atoms with E-state index in [0.717, 1.165) is 12.8 Å². The Bertz CT molecular complexity index is 839. The maximum Gasteiger partial charge on any atom is 0.407 e. The standard InChI is InChI=1S/C19H27N5O4/c1-18(2,3)28-17(25)22-10-19(6-7-19)11-27-13-5-8-21-16(26-4)15(13)12-9-14(20)24-23-12/h5,8-9H,6-7,10-11H2,1-4H3,(H,22,25)(H3,20,23,24). The molecule has 0 aliphatic heterocycles. The molecule has 2 aromatic heterocycles. The topological polar surface area (TPSA) is 124 Å². The number of nitrogens with zero attached hydrogens (tertiary/aromatic N) is 2. The van der Waals surface area contributed by atoms with Crippen LogP contribution in [0.3, 0.4) is 0 Å². The highest BCUT2D eigenvalue weighted by molar-refractivity contribution is 5.73. The van der Waals surface area contributed by atoms with Gasteiger partial charge in [-0.25, -0.2) is 9.78 Å². The first kappa shape index (κ1) is 19.8. The smallest absolute Gasteiger partial charge is 0.407 e. The first-order valence-electron chi connectivity index (χ1n) is 9.15. The molecule has 0 atom stereocenters. The van der Waals surface area contributed by atoms with Gasteiger partial charge in [0.1, 0.15) is 22.7 Å². The van der Waals surface area contributed by atoms with Crippen LogP contribution in [0.25, 0.3) is 11.3 Å². The molecule has 0 aromatic carbocycles. The third-order valence-corrected chi connectivity index (χ3v) is 4.44. The zero-order chi connectivity index (χ0) is 20.4. The molecule has 1 saturated carbocycles. The second-order valence-corrected chi connectivity index (χ2v) is 8.04. The number of hydrogen-bond acceptors (Lipinski definition) is 7. The van der Waals surface area contributed by atoms with Crippen molar-refractivity contribution in [1.29, 1.82) is 0 Å². The van der Waals surface area contributed by atoms with Crippen LogP contribution in [0.2, 0.25) is 0 Å². The van der Waals surface area contributed by atoms with E-state index in [0.29, 0.717) is 41.9 Å². The number of methoxy groups -OCH3 is 1. The fourth-order valence-corrected chi connectivity index (χ4v) is 2.77. The Morgan fingerprint density at radius 3 is 2.71 bits per heavy atom. The van der Waals surface area contributed by atoms with Crippen LogP contribution in [0.15, 0.2) is 18.3 Å². The molecule has 1 amide bonds. The summed E-state index contributed by atoms with van der Waals surface area (Å²) in [6.07, 6.45) is 3.14. The van der Waals surface area contributed by atoms with Crippen molar-refractivity contribution in [1.82, 2.24) is 20.5 Å². The molecule has 0 saturated heterocycles. The number of aromatic nitrogens is 3. The molecule has 2 heterocycles. The Kier molecular flexibility index (Phi) is 5.35. The van der Waals surface area contributed by atoms with Gasteiger partial charge in [-0.15, -0.1) is 0 Å². The SMILES string of the molecule is COc1nccc(OCC2(CNC(=O)OC(C)(C)C)CC2)c1-c1cc(N)n[nH]1. The largest absolute Gasteiger partial charge is 0.492 e. The van der Waals surface area contributed by atoms with Gasteiger partial charge in [0.25, 0.3) is 0 Å². The monoisotopic (exact) mass is 389 g/mol. The van der Waals surface area contributed by atoms with Gasteiger partial charge >= 0.3 is 6.09 Å². The molecule has 1 aliphatic rings. The van der Waals surface area contributed by atoms with Gasteiger partial charge in [-0.3, -0.25) is 5.10 Å². The average molecular weight is 389 g/mol. The molecule has 2 aromatic rings. The van der Waals surface area contributed by atoms with Gasteiger partial charge in [0.15, 0.2) is 0 Å². The van der Waals surface area contributed by atoms with E-state index < -0.39 is 11.7 Å². The van der Waals surface area contributed by atoms with E-state index in [4.69, 9.17) is 19.9 Å². The Hall–Kier alpha value is -2.97. The highest BCUT2D eigenvalue weighted by Gasteiger charge is 2.44. The molecule has 1 aliphatic carbocycles. The van der Waals surface area contributed by atoms with Crippen LogP contribution in [0.5, 0.6) is 11.6 Å². The minimum Gasteiger partial charge on any atom is -0.492 e. The normalized spacial score (nSPS) is 15.0. The van der Waals surface area contributed by atoms with Crippen LogP contribution >= 0.6 is 0 Å². The highest BCUT2D eigenvalue weighted by Crippen LogP contribution is 2.46. The van der Waals surface area contributed by atoms with E-state index in [2.05, 4.69) is 20.5 Å². The fourth-order valence-electron chi connectivity index (χ4n) is 2.77. The predicted molar refractivity (Wildman–Crippen MR) is 104 cm³/mol. The summed E-state index contributed by atoms with van der Waals surface area (Å²) in [6.45, 7) is 6.46. The second-order valence-electron chi connectivity index (χ2n) is 8.04. The van der Waals surface area contributed by atoms with Crippen LogP contribution in [0, 0.1) is 5.41 Å². The first-order valence-corrected chi connectivity index (χ1v) is 9.15. The average Bonchev–Trinajstić information content (AvgIpc) is 3.28. The number of pyridine rings is 1. The van der Waals surface area contributed by atoms with Crippen molar-refractivity contribution >= 4 is 11.9 Å². The number of anilines is 1. The number of aromatic amines is 1. The quantitative estimate of drug-likeness (QED) is 0.665. The molecule has 0 bridgehead atoms.